The largest absolute Gasteiger partial charge is 0.493 e. The predicted octanol–water partition coefficient (Wildman–Crippen LogP) is 1.32. The van der Waals surface area contributed by atoms with Crippen LogP contribution in [0.15, 0.2) is 18.2 Å². The minimum absolute atomic E-state index is 0.00819. The van der Waals surface area contributed by atoms with Crippen LogP contribution in [0.2, 0.25) is 0 Å². The van der Waals surface area contributed by atoms with Gasteiger partial charge in [-0.2, -0.15) is 5.26 Å². The van der Waals surface area contributed by atoms with Crippen LogP contribution in [0, 0.1) is 11.3 Å². The quantitative estimate of drug-likeness (QED) is 0.749. The predicted molar refractivity (Wildman–Crippen MR) is 77.7 cm³/mol. The van der Waals surface area contributed by atoms with E-state index in [0.29, 0.717) is 23.5 Å². The number of aliphatic carboxylic acids is 1. The number of rotatable bonds is 8. The van der Waals surface area contributed by atoms with E-state index in [2.05, 4.69) is 5.32 Å². The van der Waals surface area contributed by atoms with Gasteiger partial charge in [0.15, 0.2) is 18.1 Å². The van der Waals surface area contributed by atoms with Crippen molar-refractivity contribution in [3.05, 3.63) is 23.8 Å². The third kappa shape index (κ3) is 5.71. The van der Waals surface area contributed by atoms with Crippen LogP contribution in [0.5, 0.6) is 11.5 Å². The van der Waals surface area contributed by atoms with Crippen molar-refractivity contribution in [1.82, 2.24) is 5.32 Å². The molecule has 22 heavy (non-hydrogen) atoms. The second-order valence-electron chi connectivity index (χ2n) is 4.67. The Morgan fingerprint density at radius 1 is 1.41 bits per heavy atom. The zero-order valence-electron chi connectivity index (χ0n) is 12.5. The highest BCUT2D eigenvalue weighted by Crippen LogP contribution is 2.27. The fourth-order valence-electron chi connectivity index (χ4n) is 1.73. The van der Waals surface area contributed by atoms with Gasteiger partial charge in [-0.15, -0.1) is 0 Å². The average molecular weight is 306 g/mol. The van der Waals surface area contributed by atoms with Crippen molar-refractivity contribution in [2.24, 2.45) is 0 Å². The Morgan fingerprint density at radius 2 is 2.14 bits per heavy atom. The van der Waals surface area contributed by atoms with Crippen LogP contribution in [-0.4, -0.2) is 36.7 Å². The molecule has 7 heteroatoms. The number of carboxylic acids is 1. The van der Waals surface area contributed by atoms with Gasteiger partial charge in [0.05, 0.1) is 18.7 Å². The third-order valence-corrected chi connectivity index (χ3v) is 2.85. The first-order chi connectivity index (χ1) is 10.5. The molecule has 0 heterocycles. The number of amides is 1. The minimum Gasteiger partial charge on any atom is -0.493 e. The van der Waals surface area contributed by atoms with Crippen LogP contribution in [0.3, 0.4) is 0 Å². The lowest BCUT2D eigenvalue weighted by molar-refractivity contribution is -0.137. The Hall–Kier alpha value is -2.75. The summed E-state index contributed by atoms with van der Waals surface area (Å²) in [5.74, 6) is -0.537. The van der Waals surface area contributed by atoms with Crippen molar-refractivity contribution in [2.45, 2.75) is 25.8 Å². The number of carbonyl (C=O) groups is 2. The maximum absolute atomic E-state index is 11.7. The first kappa shape index (κ1) is 17.3. The van der Waals surface area contributed by atoms with E-state index >= 15 is 0 Å². The SMILES string of the molecule is COc1cc(C#N)ccc1OCC(=O)NC(C)CCC(=O)O. The molecule has 0 bridgehead atoms. The second-order valence-corrected chi connectivity index (χ2v) is 4.67. The number of nitrogens with one attached hydrogen (secondary N) is 1. The van der Waals surface area contributed by atoms with E-state index in [1.54, 1.807) is 19.1 Å². The molecule has 0 fully saturated rings. The molecule has 0 aliphatic rings. The molecular formula is C15H18N2O5. The van der Waals surface area contributed by atoms with Crippen molar-refractivity contribution >= 4 is 11.9 Å². The van der Waals surface area contributed by atoms with Gasteiger partial charge in [-0.1, -0.05) is 0 Å². The number of carbonyl (C=O) groups excluding carboxylic acids is 1. The van der Waals surface area contributed by atoms with Gasteiger partial charge in [-0.25, -0.2) is 0 Å². The molecule has 1 amide bonds. The molecule has 1 aromatic rings. The van der Waals surface area contributed by atoms with Crippen molar-refractivity contribution in [1.29, 1.82) is 5.26 Å². The molecule has 1 unspecified atom stereocenters. The molecule has 0 saturated heterocycles. The number of nitrogens with zero attached hydrogens (tertiary/aromatic N) is 1. The first-order valence-electron chi connectivity index (χ1n) is 6.68. The lowest BCUT2D eigenvalue weighted by atomic mass is 10.2. The minimum atomic E-state index is -0.903. The molecule has 0 aliphatic carbocycles. The lowest BCUT2D eigenvalue weighted by Gasteiger charge is -2.14. The molecule has 0 spiro atoms. The van der Waals surface area contributed by atoms with Crippen LogP contribution in [-0.2, 0) is 9.59 Å². The molecule has 1 atom stereocenters. The topological polar surface area (TPSA) is 109 Å². The van der Waals surface area contributed by atoms with Crippen LogP contribution in [0.1, 0.15) is 25.3 Å². The van der Waals surface area contributed by atoms with Crippen molar-refractivity contribution in [3.63, 3.8) is 0 Å². The molecule has 0 aliphatic heterocycles. The number of methoxy groups -OCH3 is 1. The summed E-state index contributed by atoms with van der Waals surface area (Å²) in [4.78, 5) is 22.2. The Labute approximate surface area is 128 Å². The maximum Gasteiger partial charge on any atom is 0.303 e. The number of carboxylic acid groups (broad SMARTS) is 1. The van der Waals surface area contributed by atoms with Gasteiger partial charge >= 0.3 is 5.97 Å². The van der Waals surface area contributed by atoms with E-state index in [-0.39, 0.29) is 25.0 Å². The number of hydrogen-bond acceptors (Lipinski definition) is 5. The van der Waals surface area contributed by atoms with Crippen molar-refractivity contribution < 1.29 is 24.2 Å². The molecule has 2 N–H and O–H groups in total. The van der Waals surface area contributed by atoms with Gasteiger partial charge in [0, 0.05) is 18.5 Å². The Bertz CT molecular complexity index is 580. The van der Waals surface area contributed by atoms with E-state index in [1.807, 2.05) is 6.07 Å². The van der Waals surface area contributed by atoms with E-state index in [1.165, 1.54) is 13.2 Å². The number of ether oxygens (including phenoxy) is 2. The Morgan fingerprint density at radius 3 is 2.73 bits per heavy atom. The van der Waals surface area contributed by atoms with E-state index < -0.39 is 5.97 Å². The van der Waals surface area contributed by atoms with E-state index in [0.717, 1.165) is 0 Å². The molecule has 0 aromatic heterocycles. The van der Waals surface area contributed by atoms with Crippen LogP contribution >= 0.6 is 0 Å². The maximum atomic E-state index is 11.7. The first-order valence-corrected chi connectivity index (χ1v) is 6.68. The zero-order chi connectivity index (χ0) is 16.5. The number of nitriles is 1. The molecule has 1 rings (SSSR count). The molecular weight excluding hydrogens is 288 g/mol. The molecule has 7 nitrogen and oxygen atoms in total. The third-order valence-electron chi connectivity index (χ3n) is 2.85. The van der Waals surface area contributed by atoms with Gasteiger partial charge in [-0.3, -0.25) is 9.59 Å². The van der Waals surface area contributed by atoms with E-state index in [9.17, 15) is 9.59 Å². The Kier molecular flexibility index (Phi) is 6.70. The number of benzene rings is 1. The van der Waals surface area contributed by atoms with Crippen molar-refractivity contribution in [3.8, 4) is 17.6 Å². The fraction of sp³-hybridized carbons (Fsp3) is 0.400. The average Bonchev–Trinajstić information content (AvgIpc) is 2.50. The summed E-state index contributed by atoms with van der Waals surface area (Å²) in [6, 6.07) is 6.36. The summed E-state index contributed by atoms with van der Waals surface area (Å²) < 4.78 is 10.4. The van der Waals surface area contributed by atoms with Crippen LogP contribution in [0.25, 0.3) is 0 Å². The van der Waals surface area contributed by atoms with Gasteiger partial charge in [0.2, 0.25) is 0 Å². The standard InChI is InChI=1S/C15H18N2O5/c1-10(3-6-15(19)20)17-14(18)9-22-12-5-4-11(8-16)7-13(12)21-2/h4-5,7,10H,3,6,9H2,1-2H3,(H,17,18)(H,19,20). The summed E-state index contributed by atoms with van der Waals surface area (Å²) in [7, 11) is 1.44. The normalized spacial score (nSPS) is 11.1. The summed E-state index contributed by atoms with van der Waals surface area (Å²) in [6.45, 7) is 1.50. The van der Waals surface area contributed by atoms with Gasteiger partial charge in [0.1, 0.15) is 0 Å². The fourth-order valence-corrected chi connectivity index (χ4v) is 1.73. The molecule has 118 valence electrons. The zero-order valence-corrected chi connectivity index (χ0v) is 12.5. The summed E-state index contributed by atoms with van der Waals surface area (Å²) in [6.07, 6.45) is 0.340. The Balaban J connectivity index is 2.50. The summed E-state index contributed by atoms with van der Waals surface area (Å²) in [5, 5.41) is 20.0. The monoisotopic (exact) mass is 306 g/mol. The molecule has 0 radical (unpaired) electrons. The molecule has 0 saturated carbocycles. The molecule has 1 aromatic carbocycles. The number of hydrogen-bond donors (Lipinski definition) is 2. The van der Waals surface area contributed by atoms with Crippen LogP contribution < -0.4 is 14.8 Å². The van der Waals surface area contributed by atoms with Gasteiger partial charge in [-0.05, 0) is 25.5 Å². The highest BCUT2D eigenvalue weighted by atomic mass is 16.5. The van der Waals surface area contributed by atoms with E-state index in [4.69, 9.17) is 19.8 Å². The summed E-state index contributed by atoms with van der Waals surface area (Å²) >= 11 is 0. The van der Waals surface area contributed by atoms with Gasteiger partial charge < -0.3 is 19.9 Å². The van der Waals surface area contributed by atoms with Gasteiger partial charge in [0.25, 0.3) is 5.91 Å². The summed E-state index contributed by atoms with van der Waals surface area (Å²) in [5.41, 5.74) is 0.427. The smallest absolute Gasteiger partial charge is 0.303 e. The highest BCUT2D eigenvalue weighted by molar-refractivity contribution is 5.78. The highest BCUT2D eigenvalue weighted by Gasteiger charge is 2.12. The van der Waals surface area contributed by atoms with Crippen molar-refractivity contribution in [2.75, 3.05) is 13.7 Å². The van der Waals surface area contributed by atoms with Crippen LogP contribution in [0.4, 0.5) is 0 Å². The lowest BCUT2D eigenvalue weighted by Crippen LogP contribution is -2.36. The second kappa shape index (κ2) is 8.52.